The molecule has 4 nitrogen and oxygen atoms in total. The van der Waals surface area contributed by atoms with Gasteiger partial charge in [-0.05, 0) is 44.9 Å². The molecule has 0 spiro atoms. The van der Waals surface area contributed by atoms with E-state index in [0.717, 1.165) is 12.8 Å². The molecule has 0 radical (unpaired) electrons. The molecule has 21 heavy (non-hydrogen) atoms. The molecular formula is C17H27NO3. The first-order chi connectivity index (χ1) is 9.71. The Morgan fingerprint density at radius 1 is 1.38 bits per heavy atom. The van der Waals surface area contributed by atoms with Gasteiger partial charge in [-0.2, -0.15) is 5.26 Å². The van der Waals surface area contributed by atoms with E-state index in [0.29, 0.717) is 24.7 Å². The minimum Gasteiger partial charge on any atom is -0.459 e. The van der Waals surface area contributed by atoms with Crippen molar-refractivity contribution < 1.29 is 14.3 Å². The lowest BCUT2D eigenvalue weighted by Crippen LogP contribution is -2.49. The maximum atomic E-state index is 11.4. The quantitative estimate of drug-likeness (QED) is 0.728. The van der Waals surface area contributed by atoms with Crippen molar-refractivity contribution in [1.82, 2.24) is 0 Å². The van der Waals surface area contributed by atoms with Crippen molar-refractivity contribution in [2.24, 2.45) is 23.7 Å². The Labute approximate surface area is 127 Å². The number of Topliss-reactive ketones (excluding diaryl/α,β-unsaturated/α-hetero) is 1. The van der Waals surface area contributed by atoms with E-state index in [9.17, 15) is 14.9 Å². The van der Waals surface area contributed by atoms with Gasteiger partial charge in [0.05, 0.1) is 12.0 Å². The molecule has 4 atom stereocenters. The summed E-state index contributed by atoms with van der Waals surface area (Å²) in [6, 6.07) is 2.43. The normalized spacial score (nSPS) is 32.5. The first kappa shape index (κ1) is 17.7. The second-order valence-corrected chi connectivity index (χ2v) is 6.85. The van der Waals surface area contributed by atoms with E-state index < -0.39 is 5.60 Å². The largest absolute Gasteiger partial charge is 0.459 e. The molecule has 1 saturated carbocycles. The SMILES string of the molecule is CC(=O)CC[C@@H]1[C@H](C#N)[C@H](C(C)C)CC[C@]1(C)OC(C)=O. The Morgan fingerprint density at radius 2 is 2.00 bits per heavy atom. The fraction of sp³-hybridized carbons (Fsp3) is 0.824. The molecule has 0 aromatic carbocycles. The van der Waals surface area contributed by atoms with Gasteiger partial charge >= 0.3 is 5.97 Å². The van der Waals surface area contributed by atoms with Crippen molar-refractivity contribution in [3.05, 3.63) is 0 Å². The molecule has 1 fully saturated rings. The zero-order valence-electron chi connectivity index (χ0n) is 13.8. The van der Waals surface area contributed by atoms with Gasteiger partial charge in [-0.15, -0.1) is 0 Å². The number of carbonyl (C=O) groups is 2. The molecule has 0 N–H and O–H groups in total. The Bertz CT molecular complexity index is 438. The molecule has 118 valence electrons. The molecule has 0 saturated heterocycles. The summed E-state index contributed by atoms with van der Waals surface area (Å²) in [6.07, 6.45) is 2.69. The molecule has 1 aliphatic rings. The third-order valence-corrected chi connectivity index (χ3v) is 4.84. The fourth-order valence-electron chi connectivity index (χ4n) is 3.73. The molecule has 1 rings (SSSR count). The molecule has 0 unspecified atom stereocenters. The third-order valence-electron chi connectivity index (χ3n) is 4.84. The van der Waals surface area contributed by atoms with Gasteiger partial charge < -0.3 is 9.53 Å². The lowest BCUT2D eigenvalue weighted by molar-refractivity contribution is -0.171. The summed E-state index contributed by atoms with van der Waals surface area (Å²) in [4.78, 5) is 22.8. The maximum Gasteiger partial charge on any atom is 0.303 e. The summed E-state index contributed by atoms with van der Waals surface area (Å²) in [5, 5.41) is 9.64. The van der Waals surface area contributed by atoms with E-state index in [1.165, 1.54) is 6.92 Å². The molecule has 0 aromatic heterocycles. The van der Waals surface area contributed by atoms with Crippen LogP contribution in [0.15, 0.2) is 0 Å². The highest BCUT2D eigenvalue weighted by molar-refractivity contribution is 5.75. The average Bonchev–Trinajstić information content (AvgIpc) is 2.34. The first-order valence-corrected chi connectivity index (χ1v) is 7.80. The number of nitriles is 1. The number of hydrogen-bond acceptors (Lipinski definition) is 4. The van der Waals surface area contributed by atoms with Gasteiger partial charge in [0.2, 0.25) is 0 Å². The lowest BCUT2D eigenvalue weighted by atomic mass is 9.61. The summed E-state index contributed by atoms with van der Waals surface area (Å²) in [5.74, 6) is 0.277. The van der Waals surface area contributed by atoms with E-state index in [-0.39, 0.29) is 23.6 Å². The van der Waals surface area contributed by atoms with E-state index in [1.54, 1.807) is 6.92 Å². The van der Waals surface area contributed by atoms with Crippen molar-refractivity contribution in [3.8, 4) is 6.07 Å². The molecule has 0 heterocycles. The van der Waals surface area contributed by atoms with Crippen molar-refractivity contribution in [2.75, 3.05) is 0 Å². The number of hydrogen-bond donors (Lipinski definition) is 0. The molecule has 0 aromatic rings. The zero-order valence-corrected chi connectivity index (χ0v) is 13.8. The van der Waals surface area contributed by atoms with Crippen LogP contribution in [-0.4, -0.2) is 17.4 Å². The number of nitrogens with zero attached hydrogens (tertiary/aromatic N) is 1. The molecule has 0 aliphatic heterocycles. The summed E-state index contributed by atoms with van der Waals surface area (Å²) in [7, 11) is 0. The van der Waals surface area contributed by atoms with Gasteiger partial charge in [0.1, 0.15) is 11.4 Å². The number of esters is 1. The smallest absolute Gasteiger partial charge is 0.303 e. The second kappa shape index (κ2) is 7.06. The van der Waals surface area contributed by atoms with Gasteiger partial charge in [0.25, 0.3) is 0 Å². The van der Waals surface area contributed by atoms with Gasteiger partial charge in [-0.1, -0.05) is 13.8 Å². The lowest BCUT2D eigenvalue weighted by Gasteiger charge is -2.47. The highest BCUT2D eigenvalue weighted by atomic mass is 16.6. The third kappa shape index (κ3) is 4.30. The summed E-state index contributed by atoms with van der Waals surface area (Å²) >= 11 is 0. The minimum absolute atomic E-state index is 0.0727. The Morgan fingerprint density at radius 3 is 2.43 bits per heavy atom. The predicted octanol–water partition coefficient (Wildman–Crippen LogP) is 3.50. The maximum absolute atomic E-state index is 11.4. The van der Waals surface area contributed by atoms with Crippen LogP contribution in [0.5, 0.6) is 0 Å². The van der Waals surface area contributed by atoms with Crippen molar-refractivity contribution in [2.45, 2.75) is 65.9 Å². The number of rotatable bonds is 5. The van der Waals surface area contributed by atoms with Crippen LogP contribution in [0.2, 0.25) is 0 Å². The van der Waals surface area contributed by atoms with E-state index in [1.807, 2.05) is 6.92 Å². The van der Waals surface area contributed by atoms with Gasteiger partial charge in [-0.3, -0.25) is 4.79 Å². The van der Waals surface area contributed by atoms with Crippen molar-refractivity contribution in [1.29, 1.82) is 5.26 Å². The number of carbonyl (C=O) groups excluding carboxylic acids is 2. The molecule has 1 aliphatic carbocycles. The number of ether oxygens (including phenoxy) is 1. The molecule has 0 amide bonds. The topological polar surface area (TPSA) is 67.2 Å². The van der Waals surface area contributed by atoms with Crippen molar-refractivity contribution in [3.63, 3.8) is 0 Å². The molecular weight excluding hydrogens is 266 g/mol. The molecule has 4 heteroatoms. The number of ketones is 1. The van der Waals surface area contributed by atoms with Crippen LogP contribution in [0.25, 0.3) is 0 Å². The van der Waals surface area contributed by atoms with E-state index in [2.05, 4.69) is 19.9 Å². The van der Waals surface area contributed by atoms with Crippen LogP contribution >= 0.6 is 0 Å². The highest BCUT2D eigenvalue weighted by Gasteiger charge is 2.49. The summed E-state index contributed by atoms with van der Waals surface area (Å²) < 4.78 is 5.58. The van der Waals surface area contributed by atoms with Crippen LogP contribution in [0.3, 0.4) is 0 Å². The Kier molecular flexibility index (Phi) is 5.95. The minimum atomic E-state index is -0.632. The summed E-state index contributed by atoms with van der Waals surface area (Å²) in [5.41, 5.74) is -0.632. The predicted molar refractivity (Wildman–Crippen MR) is 80.2 cm³/mol. The van der Waals surface area contributed by atoms with E-state index in [4.69, 9.17) is 4.74 Å². The van der Waals surface area contributed by atoms with Crippen LogP contribution in [0, 0.1) is 35.0 Å². The van der Waals surface area contributed by atoms with Crippen LogP contribution in [0.4, 0.5) is 0 Å². The van der Waals surface area contributed by atoms with Crippen molar-refractivity contribution >= 4 is 11.8 Å². The zero-order chi connectivity index (χ0) is 16.2. The van der Waals surface area contributed by atoms with Crippen LogP contribution in [0.1, 0.15) is 60.3 Å². The average molecular weight is 293 g/mol. The van der Waals surface area contributed by atoms with E-state index >= 15 is 0 Å². The Hall–Kier alpha value is -1.37. The fourth-order valence-corrected chi connectivity index (χ4v) is 3.73. The van der Waals surface area contributed by atoms with Crippen LogP contribution < -0.4 is 0 Å². The highest BCUT2D eigenvalue weighted by Crippen LogP contribution is 2.47. The van der Waals surface area contributed by atoms with Crippen LogP contribution in [-0.2, 0) is 14.3 Å². The Balaban J connectivity index is 3.06. The monoisotopic (exact) mass is 293 g/mol. The van der Waals surface area contributed by atoms with Gasteiger partial charge in [0, 0.05) is 19.3 Å². The second-order valence-electron chi connectivity index (χ2n) is 6.85. The van der Waals surface area contributed by atoms with Gasteiger partial charge in [-0.25, -0.2) is 0 Å². The molecule has 0 bridgehead atoms. The van der Waals surface area contributed by atoms with Gasteiger partial charge in [0.15, 0.2) is 0 Å². The standard InChI is InChI=1S/C17H27NO3/c1-11(2)14-8-9-17(5,21-13(4)20)16(15(14)10-18)7-6-12(3)19/h11,14-16H,6-9H2,1-5H3/t14-,15+,16+,17-/m0/s1. The summed E-state index contributed by atoms with van der Waals surface area (Å²) in [6.45, 7) is 9.15. The first-order valence-electron chi connectivity index (χ1n) is 7.80.